The molecule has 0 saturated carbocycles. The number of hydrogen-bond acceptors (Lipinski definition) is 12. The molecule has 2 aromatic carbocycles. The second kappa shape index (κ2) is 31.5. The third-order valence-electron chi connectivity index (χ3n) is 10.9. The number of terminal acetylenes is 3. The maximum absolute atomic E-state index is 11.0. The standard InChI is InChI=1S/C16H11N3O2.C11H13N3Si.C8H7IO2.2C8H5N3.C6H4BrN3.C5H10Si.CH4/c1-11-4-5-13(16(20)21)9-12(11)6-7-14-10-17-15-3-2-8-18-19(14)15;1-15(2,3)8-6-10-9-12-11-5-4-7-13-14(10)11;1-5-2-3-6(8(10)11)4-7(5)9;2*1-2-7-6-9-8-4-3-5-10-11(7)8;7-5-4-8-6-2-1-3-9-10(5)6;1-5-6(2,3)4;/h2-5,8-10H,1H3,(H,20,21);4-5,7,9H,1-3H3;2-4H,1H3,(H,10,11);2*1,3-6H;1-4H;1H,2-4H3;1H4. The van der Waals surface area contributed by atoms with Crippen LogP contribution in [-0.4, -0.2) is 111 Å². The molecule has 0 fully saturated rings. The second-order valence-electron chi connectivity index (χ2n) is 19.7. The molecule has 0 amide bonds. The van der Waals surface area contributed by atoms with E-state index in [9.17, 15) is 9.59 Å². The van der Waals surface area contributed by atoms with E-state index in [2.05, 4.69) is 169 Å². The number of rotatable bonds is 2. The van der Waals surface area contributed by atoms with Crippen molar-refractivity contribution in [3.8, 4) is 60.0 Å². The first-order chi connectivity index (χ1) is 40.6. The van der Waals surface area contributed by atoms with Crippen LogP contribution in [0.2, 0.25) is 39.3 Å². The number of imidazole rings is 5. The van der Waals surface area contributed by atoms with E-state index in [1.165, 1.54) is 0 Å². The van der Waals surface area contributed by atoms with Crippen molar-refractivity contribution in [3.05, 3.63) is 218 Å². The Morgan fingerprint density at radius 1 is 0.488 bits per heavy atom. The van der Waals surface area contributed by atoms with Crippen LogP contribution < -0.4 is 0 Å². The van der Waals surface area contributed by atoms with Gasteiger partial charge in [-0.05, 0) is 166 Å². The van der Waals surface area contributed by atoms with Crippen molar-refractivity contribution in [1.29, 1.82) is 0 Å². The monoisotopic (exact) mass is 1350 g/mol. The minimum absolute atomic E-state index is 0. The zero-order valence-corrected chi connectivity index (χ0v) is 53.2. The van der Waals surface area contributed by atoms with Gasteiger partial charge in [-0.15, -0.1) is 30.4 Å². The van der Waals surface area contributed by atoms with Gasteiger partial charge in [0.05, 0.1) is 42.1 Å². The molecule has 10 heterocycles. The van der Waals surface area contributed by atoms with Crippen LogP contribution >= 0.6 is 38.5 Å². The fourth-order valence-corrected chi connectivity index (χ4v) is 7.88. The molecular weight excluding hydrogens is 1290 g/mol. The molecule has 23 heteroatoms. The van der Waals surface area contributed by atoms with Crippen molar-refractivity contribution in [3.63, 3.8) is 0 Å². The Morgan fingerprint density at radius 2 is 0.837 bits per heavy atom. The smallest absolute Gasteiger partial charge is 0.335 e. The lowest BCUT2D eigenvalue weighted by Crippen LogP contribution is -2.16. The van der Waals surface area contributed by atoms with Crippen molar-refractivity contribution in [2.75, 3.05) is 0 Å². The summed E-state index contributed by atoms with van der Waals surface area (Å²) in [6.07, 6.45) is 32.4. The fourth-order valence-electron chi connectivity index (χ4n) is 6.48. The molecule has 86 heavy (non-hydrogen) atoms. The lowest BCUT2D eigenvalue weighted by Gasteiger charge is -2.02. The first-order valence-electron chi connectivity index (χ1n) is 25.5. The van der Waals surface area contributed by atoms with Crippen LogP contribution in [-0.2, 0) is 0 Å². The van der Waals surface area contributed by atoms with Crippen molar-refractivity contribution < 1.29 is 19.8 Å². The predicted molar refractivity (Wildman–Crippen MR) is 353 cm³/mol. The summed E-state index contributed by atoms with van der Waals surface area (Å²) in [5.41, 5.74) is 16.2. The minimum Gasteiger partial charge on any atom is -0.478 e. The van der Waals surface area contributed by atoms with Crippen molar-refractivity contribution in [1.82, 2.24) is 73.0 Å². The van der Waals surface area contributed by atoms with Gasteiger partial charge in [0.1, 0.15) is 43.5 Å². The topological polar surface area (TPSA) is 226 Å². The Hall–Kier alpha value is -10.1. The van der Waals surface area contributed by atoms with Gasteiger partial charge in [-0.3, -0.25) is 0 Å². The molecule has 2 N–H and O–H groups in total. The van der Waals surface area contributed by atoms with Gasteiger partial charge < -0.3 is 10.2 Å². The number of carboxylic acid groups (broad SMARTS) is 2. The number of fused-ring (bicyclic) bond motifs is 5. The maximum atomic E-state index is 11.0. The van der Waals surface area contributed by atoms with E-state index in [0.717, 1.165) is 53.2 Å². The zero-order valence-electron chi connectivity index (χ0n) is 47.4. The molecule has 0 bridgehead atoms. The van der Waals surface area contributed by atoms with Gasteiger partial charge in [0, 0.05) is 40.1 Å². The van der Waals surface area contributed by atoms with E-state index in [1.807, 2.05) is 74.5 Å². The van der Waals surface area contributed by atoms with Crippen LogP contribution in [0.15, 0.2) is 164 Å². The number of carboxylic acids is 2. The van der Waals surface area contributed by atoms with E-state index in [4.69, 9.17) is 29.5 Å². The molecule has 0 unspecified atom stereocenters. The Morgan fingerprint density at radius 3 is 1.21 bits per heavy atom. The predicted octanol–water partition coefficient (Wildman–Crippen LogP) is 11.4. The van der Waals surface area contributed by atoms with E-state index in [1.54, 1.807) is 121 Å². The van der Waals surface area contributed by atoms with Gasteiger partial charge in [-0.1, -0.05) is 70.7 Å². The normalized spacial score (nSPS) is 10.1. The Bertz CT molecular complexity index is 4490. The lowest BCUT2D eigenvalue weighted by atomic mass is 10.1. The minimum atomic E-state index is -1.33. The van der Waals surface area contributed by atoms with Crippen LogP contribution in [0, 0.1) is 77.4 Å². The molecule has 0 atom stereocenters. The maximum Gasteiger partial charge on any atom is 0.335 e. The Labute approximate surface area is 522 Å². The summed E-state index contributed by atoms with van der Waals surface area (Å²) in [5, 5.41) is 38.1. The summed E-state index contributed by atoms with van der Waals surface area (Å²) in [7, 11) is -2.43. The summed E-state index contributed by atoms with van der Waals surface area (Å²) in [4.78, 5) is 42.1. The van der Waals surface area contributed by atoms with Crippen LogP contribution in [0.4, 0.5) is 0 Å². The van der Waals surface area contributed by atoms with Gasteiger partial charge in [-0.25, -0.2) is 57.1 Å². The third kappa shape index (κ3) is 19.5. The quantitative estimate of drug-likeness (QED) is 0.0933. The number of hydrogen-bond donors (Lipinski definition) is 2. The first-order valence-corrected chi connectivity index (χ1v) is 34.4. The van der Waals surface area contributed by atoms with Crippen LogP contribution in [0.5, 0.6) is 0 Å². The molecular formula is C63H59BrIN15O4Si2. The number of carbonyl (C=O) groups is 2. The average Bonchev–Trinajstić information content (AvgIpc) is 4.43. The van der Waals surface area contributed by atoms with Gasteiger partial charge in [0.25, 0.3) is 0 Å². The van der Waals surface area contributed by atoms with Crippen molar-refractivity contribution in [2.24, 2.45) is 0 Å². The molecule has 0 aliphatic heterocycles. The summed E-state index contributed by atoms with van der Waals surface area (Å²) in [5.74, 6) is 12.3. The van der Waals surface area contributed by atoms with Gasteiger partial charge in [0.15, 0.2) is 28.2 Å². The number of aryl methyl sites for hydroxylation is 2. The third-order valence-corrected chi connectivity index (χ3v) is 14.3. The highest BCUT2D eigenvalue weighted by molar-refractivity contribution is 14.1. The Balaban J connectivity index is 0.000000188. The van der Waals surface area contributed by atoms with Crippen LogP contribution in [0.1, 0.15) is 67.6 Å². The van der Waals surface area contributed by atoms with E-state index in [-0.39, 0.29) is 13.0 Å². The lowest BCUT2D eigenvalue weighted by molar-refractivity contribution is 0.0686. The molecule has 432 valence electrons. The number of nitrogens with zero attached hydrogens (tertiary/aromatic N) is 15. The van der Waals surface area contributed by atoms with Gasteiger partial charge in [0.2, 0.25) is 0 Å². The van der Waals surface area contributed by atoms with E-state index >= 15 is 0 Å². The molecule has 0 spiro atoms. The highest BCUT2D eigenvalue weighted by atomic mass is 127. The van der Waals surface area contributed by atoms with Gasteiger partial charge >= 0.3 is 11.9 Å². The summed E-state index contributed by atoms with van der Waals surface area (Å²) >= 11 is 5.42. The number of benzene rings is 2. The molecule has 0 aliphatic rings. The molecule has 10 aromatic heterocycles. The fraction of sp³-hybridized carbons (Fsp3) is 0.143. The molecule has 0 radical (unpaired) electrons. The summed E-state index contributed by atoms with van der Waals surface area (Å²) in [6.45, 7) is 16.9. The molecule has 19 nitrogen and oxygen atoms in total. The number of halogens is 2. The van der Waals surface area contributed by atoms with Crippen LogP contribution in [0.3, 0.4) is 0 Å². The Kier molecular flexibility index (Phi) is 24.5. The van der Waals surface area contributed by atoms with Crippen molar-refractivity contribution >= 4 is 94.8 Å². The molecule has 0 saturated heterocycles. The number of aromatic carboxylic acids is 2. The molecule has 12 aromatic rings. The summed E-state index contributed by atoms with van der Waals surface area (Å²) < 4.78 is 10.3. The first kappa shape index (κ1) is 66.7. The average molecular weight is 1350 g/mol. The number of aromatic nitrogens is 15. The van der Waals surface area contributed by atoms with E-state index < -0.39 is 28.1 Å². The molecule has 0 aliphatic carbocycles. The van der Waals surface area contributed by atoms with Crippen molar-refractivity contribution in [2.45, 2.75) is 60.6 Å². The zero-order chi connectivity index (χ0) is 61.7. The van der Waals surface area contributed by atoms with E-state index in [0.29, 0.717) is 28.2 Å². The largest absolute Gasteiger partial charge is 0.478 e. The SMILES string of the molecule is Brc1cnc2cccnn12.C.C#C[Si](C)(C)C.C#Cc1cnc2cccnn12.C#Cc1cnc2cccnn12.C[Si](C)(C)C#Cc1cnc2cccnn12.Cc1ccc(C(=O)O)cc1C#Cc1cnc2cccnn12.Cc1ccc(C(=O)O)cc1I. The van der Waals surface area contributed by atoms with Gasteiger partial charge in [-0.2, -0.15) is 25.5 Å². The summed E-state index contributed by atoms with van der Waals surface area (Å²) in [6, 6.07) is 28.5. The molecule has 12 rings (SSSR count). The van der Waals surface area contributed by atoms with Crippen LogP contribution in [0.25, 0.3) is 28.2 Å². The second-order valence-corrected chi connectivity index (χ2v) is 31.2. The highest BCUT2D eigenvalue weighted by Gasteiger charge is 2.10. The highest BCUT2D eigenvalue weighted by Crippen LogP contribution is 2.14.